The molecule has 0 N–H and O–H groups in total. The number of carbonyl (C=O) groups excluding carboxylic acids is 4. The number of hydrogen-bond acceptors (Lipinski definition) is 10. The number of allylic oxidation sites excluding steroid dienone is 2. The van der Waals surface area contributed by atoms with Crippen molar-refractivity contribution < 1.29 is 19.2 Å². The van der Waals surface area contributed by atoms with Crippen molar-refractivity contribution in [3.63, 3.8) is 0 Å². The van der Waals surface area contributed by atoms with E-state index in [-0.39, 0.29) is 22.0 Å². The summed E-state index contributed by atoms with van der Waals surface area (Å²) in [6.07, 6.45) is 13.9. The Morgan fingerprint density at radius 3 is 1.32 bits per heavy atom. The third-order valence-electron chi connectivity index (χ3n) is 11.7. The minimum absolute atomic E-state index is 0.0304. The Bertz CT molecular complexity index is 2080. The second-order valence-corrected chi connectivity index (χ2v) is 16.2. The molecular formula is C38H34N6O4S2. The van der Waals surface area contributed by atoms with Gasteiger partial charge in [-0.15, -0.1) is 22.7 Å². The number of hydrogen-bond donors (Lipinski definition) is 0. The van der Waals surface area contributed by atoms with Crippen LogP contribution in [0.25, 0.3) is 23.3 Å². The molecule has 12 heteroatoms. The zero-order valence-corrected chi connectivity index (χ0v) is 30.0. The van der Waals surface area contributed by atoms with Gasteiger partial charge in [0.05, 0.1) is 21.1 Å². The highest BCUT2D eigenvalue weighted by molar-refractivity contribution is 7.15. The highest BCUT2D eigenvalue weighted by atomic mass is 32.1. The normalized spacial score (nSPS) is 24.2. The molecule has 2 saturated carbocycles. The molecule has 6 aliphatic rings. The van der Waals surface area contributed by atoms with E-state index in [4.69, 9.17) is 9.97 Å². The molecule has 0 radical (unpaired) electrons. The average Bonchev–Trinajstić information content (AvgIpc) is 3.85. The van der Waals surface area contributed by atoms with E-state index in [0.717, 1.165) is 95.2 Å². The standard InChI is InChI=1S/C38H34N6O4S2/c1-19-21(33(45)43(3)35(47)23(19)17-39)15-25-41-31-29(49-25)27-28(37(31)11-7-5-8-12-37)30-32(38(27)13-9-6-10-14-38)42-26(50-30)16-22-20(2)24(18-40)36(48)44(4)34(22)46/h15-16H,5-14H2,1-4H3/b21-15+,22-16+. The zero-order valence-electron chi connectivity index (χ0n) is 28.4. The smallest absolute Gasteiger partial charge is 0.271 e. The number of thiazole rings is 2. The van der Waals surface area contributed by atoms with Gasteiger partial charge < -0.3 is 0 Å². The Hall–Kier alpha value is -4.78. The van der Waals surface area contributed by atoms with E-state index in [1.165, 1.54) is 25.2 Å². The molecule has 2 aromatic heterocycles. The van der Waals surface area contributed by atoms with Gasteiger partial charge in [0.2, 0.25) is 0 Å². The maximum atomic E-state index is 13.3. The molecule has 4 aliphatic carbocycles. The van der Waals surface area contributed by atoms with Crippen LogP contribution in [0.5, 0.6) is 0 Å². The fourth-order valence-corrected chi connectivity index (χ4v) is 11.6. The third kappa shape index (κ3) is 4.21. The van der Waals surface area contributed by atoms with Crippen molar-refractivity contribution in [1.82, 2.24) is 19.8 Å². The lowest BCUT2D eigenvalue weighted by atomic mass is 9.68. The highest BCUT2D eigenvalue weighted by Crippen LogP contribution is 2.70. The molecule has 0 atom stereocenters. The van der Waals surface area contributed by atoms with E-state index in [1.807, 2.05) is 12.1 Å². The number of rotatable bonds is 2. The van der Waals surface area contributed by atoms with E-state index in [0.29, 0.717) is 32.3 Å². The van der Waals surface area contributed by atoms with Crippen molar-refractivity contribution in [2.24, 2.45) is 0 Å². The molecule has 0 saturated heterocycles. The van der Waals surface area contributed by atoms with Gasteiger partial charge in [0.25, 0.3) is 23.6 Å². The second-order valence-electron chi connectivity index (χ2n) is 14.2. The molecule has 8 rings (SSSR count). The number of carbonyl (C=O) groups is 4. The van der Waals surface area contributed by atoms with Crippen molar-refractivity contribution in [2.45, 2.75) is 88.9 Å². The van der Waals surface area contributed by atoms with Crippen LogP contribution in [0.15, 0.2) is 33.4 Å². The molecule has 0 bridgehead atoms. The Morgan fingerprint density at radius 2 is 0.980 bits per heavy atom. The molecule has 0 unspecified atom stereocenters. The van der Waals surface area contributed by atoms with Crippen molar-refractivity contribution in [1.29, 1.82) is 10.5 Å². The Labute approximate surface area is 297 Å². The van der Waals surface area contributed by atoms with Gasteiger partial charge >= 0.3 is 0 Å². The van der Waals surface area contributed by atoms with E-state index >= 15 is 0 Å². The maximum Gasteiger partial charge on any atom is 0.271 e. The van der Waals surface area contributed by atoms with E-state index in [1.54, 1.807) is 48.7 Å². The quantitative estimate of drug-likeness (QED) is 0.259. The summed E-state index contributed by atoms with van der Waals surface area (Å²) in [5.74, 6) is -2.06. The van der Waals surface area contributed by atoms with Crippen molar-refractivity contribution >= 4 is 69.6 Å². The summed E-state index contributed by atoms with van der Waals surface area (Å²) in [7, 11) is 2.81. The van der Waals surface area contributed by atoms with Crippen LogP contribution in [-0.2, 0) is 30.0 Å². The van der Waals surface area contributed by atoms with Crippen LogP contribution in [0.4, 0.5) is 0 Å². The van der Waals surface area contributed by atoms with Crippen molar-refractivity contribution in [2.75, 3.05) is 14.1 Å². The summed E-state index contributed by atoms with van der Waals surface area (Å²) >= 11 is 3.18. The van der Waals surface area contributed by atoms with Gasteiger partial charge in [-0.2, -0.15) is 10.5 Å². The van der Waals surface area contributed by atoms with E-state index in [9.17, 15) is 29.7 Å². The summed E-state index contributed by atoms with van der Waals surface area (Å²) in [6, 6.07) is 3.97. The summed E-state index contributed by atoms with van der Waals surface area (Å²) in [5, 5.41) is 20.8. The number of amides is 4. The van der Waals surface area contributed by atoms with Crippen LogP contribution >= 0.6 is 22.7 Å². The first-order chi connectivity index (χ1) is 24.0. The third-order valence-corrected chi connectivity index (χ3v) is 13.7. The molecule has 4 amide bonds. The van der Waals surface area contributed by atoms with Crippen LogP contribution in [0, 0.1) is 22.7 Å². The predicted molar refractivity (Wildman–Crippen MR) is 189 cm³/mol. The summed E-state index contributed by atoms with van der Waals surface area (Å²) in [6.45, 7) is 3.30. The van der Waals surface area contributed by atoms with Crippen LogP contribution in [0.2, 0.25) is 0 Å². The number of nitrogens with zero attached hydrogens (tertiary/aromatic N) is 6. The SMILES string of the molecule is CC1=C(C#N)C(=O)N(C)C(=O)/C1=C/c1nc2c(s1)C1=C(c3sc(/C=C4/C(=O)N(C)C(=O)C(C#N)=C4C)nc3C13CCCCC3)C21CCCCC1. The summed E-state index contributed by atoms with van der Waals surface area (Å²) in [4.78, 5) is 66.8. The molecule has 2 aliphatic heterocycles. The van der Waals surface area contributed by atoms with Gasteiger partial charge in [-0.3, -0.25) is 29.0 Å². The van der Waals surface area contributed by atoms with Crippen molar-refractivity contribution in [3.05, 3.63) is 64.6 Å². The lowest BCUT2D eigenvalue weighted by molar-refractivity contribution is -0.140. The van der Waals surface area contributed by atoms with Crippen LogP contribution in [-0.4, -0.2) is 57.5 Å². The lowest BCUT2D eigenvalue weighted by Crippen LogP contribution is -2.39. The number of likely N-dealkylation sites (N-methyl/N-ethyl adjacent to an activating group) is 2. The van der Waals surface area contributed by atoms with Crippen LogP contribution in [0.1, 0.15) is 109 Å². The second kappa shape index (κ2) is 11.4. The van der Waals surface area contributed by atoms with Crippen LogP contribution in [0.3, 0.4) is 0 Å². The first-order valence-electron chi connectivity index (χ1n) is 17.1. The lowest BCUT2D eigenvalue weighted by Gasteiger charge is -2.35. The van der Waals surface area contributed by atoms with Gasteiger partial charge in [-0.05, 0) is 74.0 Å². The first-order valence-corrected chi connectivity index (χ1v) is 18.7. The van der Waals surface area contributed by atoms with Gasteiger partial charge in [-0.1, -0.05) is 38.5 Å². The number of nitriles is 2. The molecule has 50 heavy (non-hydrogen) atoms. The molecule has 0 aromatic carbocycles. The summed E-state index contributed by atoms with van der Waals surface area (Å²) in [5.41, 5.74) is 5.52. The monoisotopic (exact) mass is 702 g/mol. The highest BCUT2D eigenvalue weighted by Gasteiger charge is 2.60. The molecule has 252 valence electrons. The van der Waals surface area contributed by atoms with E-state index < -0.39 is 23.6 Å². The maximum absolute atomic E-state index is 13.3. The Morgan fingerprint density at radius 1 is 0.620 bits per heavy atom. The Balaban J connectivity index is 1.32. The largest absolute Gasteiger partial charge is 0.277 e. The minimum Gasteiger partial charge on any atom is -0.277 e. The number of fused-ring (bicyclic) bond motifs is 8. The molecule has 4 heterocycles. The van der Waals surface area contributed by atoms with Crippen LogP contribution < -0.4 is 0 Å². The van der Waals surface area contributed by atoms with Gasteiger partial charge in [-0.25, -0.2) is 9.97 Å². The predicted octanol–water partition coefficient (Wildman–Crippen LogP) is 6.39. The average molecular weight is 703 g/mol. The first kappa shape index (κ1) is 32.4. The molecule has 2 spiro atoms. The zero-order chi connectivity index (χ0) is 35.3. The van der Waals surface area contributed by atoms with Crippen molar-refractivity contribution in [3.8, 4) is 12.1 Å². The fraction of sp³-hybridized carbons (Fsp3) is 0.421. The Kier molecular flexibility index (Phi) is 7.38. The van der Waals surface area contributed by atoms with E-state index in [2.05, 4.69) is 0 Å². The number of aromatic nitrogens is 2. The number of imide groups is 2. The summed E-state index contributed by atoms with van der Waals surface area (Å²) < 4.78 is 0. The molecule has 2 fully saturated rings. The molecule has 2 aromatic rings. The fourth-order valence-electron chi connectivity index (χ4n) is 9.09. The minimum atomic E-state index is -0.589. The van der Waals surface area contributed by atoms with Gasteiger partial charge in [0.15, 0.2) is 0 Å². The molecular weight excluding hydrogens is 669 g/mol. The van der Waals surface area contributed by atoms with Gasteiger partial charge in [0, 0.05) is 36.1 Å². The molecule has 10 nitrogen and oxygen atoms in total. The topological polar surface area (TPSA) is 148 Å². The van der Waals surface area contributed by atoms with Gasteiger partial charge in [0.1, 0.15) is 33.3 Å².